The van der Waals surface area contributed by atoms with E-state index in [1.807, 2.05) is 4.90 Å². The van der Waals surface area contributed by atoms with Crippen molar-refractivity contribution in [3.05, 3.63) is 47.7 Å². The van der Waals surface area contributed by atoms with Crippen molar-refractivity contribution in [2.75, 3.05) is 31.1 Å². The fourth-order valence-electron chi connectivity index (χ4n) is 3.79. The van der Waals surface area contributed by atoms with Crippen molar-refractivity contribution >= 4 is 18.2 Å². The Morgan fingerprint density at radius 2 is 1.88 bits per heavy atom. The molecule has 5 rings (SSSR count). The lowest BCUT2D eigenvalue weighted by Gasteiger charge is -2.37. The molecule has 13 heteroatoms. The Morgan fingerprint density at radius 3 is 2.59 bits per heavy atom. The van der Waals surface area contributed by atoms with E-state index in [0.717, 1.165) is 6.07 Å². The number of nitrogens with one attached hydrogen (secondary N) is 1. The second-order valence-corrected chi connectivity index (χ2v) is 7.35. The standard InChI is InChI=1S/C19H18F2N10O/c20-13-9-12(10-14(21)11-13)16-2-4-23-31(16)19(32)30-7-5-29(6-8-30)18-22-3-1-15(24-18)17-25-27-28-26-17/h1,3-4,9-11,16H,2,5-8H2,(H,25,26,27,28). The maximum atomic E-state index is 13.7. The topological polar surface area (TPSA) is 119 Å². The number of benzene rings is 1. The SMILES string of the molecule is O=C(N1CCN(c2nccc(-c3nnn[nH]3)n2)CC1)N1N=CCC1c1cc(F)cc(F)c1. The van der Waals surface area contributed by atoms with Gasteiger partial charge in [0.2, 0.25) is 5.95 Å². The number of piperazine rings is 1. The van der Waals surface area contributed by atoms with Crippen LogP contribution in [0.5, 0.6) is 0 Å². The molecule has 0 aliphatic carbocycles. The van der Waals surface area contributed by atoms with Crippen molar-refractivity contribution in [2.45, 2.75) is 12.5 Å². The lowest BCUT2D eigenvalue weighted by molar-refractivity contribution is 0.139. The van der Waals surface area contributed by atoms with E-state index >= 15 is 0 Å². The molecule has 4 heterocycles. The summed E-state index contributed by atoms with van der Waals surface area (Å²) in [7, 11) is 0. The zero-order chi connectivity index (χ0) is 22.1. The molecule has 1 atom stereocenters. The molecule has 32 heavy (non-hydrogen) atoms. The number of hydrogen-bond acceptors (Lipinski definition) is 8. The van der Waals surface area contributed by atoms with E-state index in [9.17, 15) is 13.6 Å². The van der Waals surface area contributed by atoms with Crippen LogP contribution in [0.4, 0.5) is 19.5 Å². The van der Waals surface area contributed by atoms with Crippen LogP contribution < -0.4 is 4.90 Å². The Hall–Kier alpha value is -4.03. The average molecular weight is 440 g/mol. The third-order valence-electron chi connectivity index (χ3n) is 5.36. The largest absolute Gasteiger partial charge is 0.341 e. The molecule has 0 spiro atoms. The second kappa shape index (κ2) is 8.24. The van der Waals surface area contributed by atoms with Gasteiger partial charge in [-0.1, -0.05) is 0 Å². The van der Waals surface area contributed by atoms with Crippen molar-refractivity contribution in [3.8, 4) is 11.5 Å². The van der Waals surface area contributed by atoms with Gasteiger partial charge in [0, 0.05) is 51.1 Å². The summed E-state index contributed by atoms with van der Waals surface area (Å²) in [5.74, 6) is -0.417. The number of hydrogen-bond donors (Lipinski definition) is 1. The highest BCUT2D eigenvalue weighted by Crippen LogP contribution is 2.30. The first kappa shape index (κ1) is 19.9. The van der Waals surface area contributed by atoms with Crippen LogP contribution in [0.15, 0.2) is 35.6 Å². The Bertz CT molecular complexity index is 1130. The van der Waals surface area contributed by atoms with Crippen LogP contribution in [-0.4, -0.2) is 78.9 Å². The number of nitrogens with zero attached hydrogens (tertiary/aromatic N) is 9. The fraction of sp³-hybridized carbons (Fsp3) is 0.316. The van der Waals surface area contributed by atoms with Crippen LogP contribution in [0.3, 0.4) is 0 Å². The van der Waals surface area contributed by atoms with Crippen LogP contribution >= 0.6 is 0 Å². The van der Waals surface area contributed by atoms with Gasteiger partial charge in [-0.2, -0.15) is 5.10 Å². The number of aromatic amines is 1. The zero-order valence-corrected chi connectivity index (χ0v) is 16.8. The number of urea groups is 1. The van der Waals surface area contributed by atoms with Gasteiger partial charge in [-0.15, -0.1) is 5.10 Å². The third kappa shape index (κ3) is 3.84. The number of anilines is 1. The molecule has 11 nitrogen and oxygen atoms in total. The first-order chi connectivity index (χ1) is 15.6. The highest BCUT2D eigenvalue weighted by molar-refractivity contribution is 5.78. The smallest absolute Gasteiger partial charge is 0.337 e. The molecule has 164 valence electrons. The molecule has 2 aromatic heterocycles. The predicted octanol–water partition coefficient (Wildman–Crippen LogP) is 1.61. The molecule has 1 unspecified atom stereocenters. The third-order valence-corrected chi connectivity index (χ3v) is 5.36. The van der Waals surface area contributed by atoms with Crippen molar-refractivity contribution in [3.63, 3.8) is 0 Å². The van der Waals surface area contributed by atoms with E-state index in [1.165, 1.54) is 17.1 Å². The summed E-state index contributed by atoms with van der Waals surface area (Å²) >= 11 is 0. The van der Waals surface area contributed by atoms with Crippen molar-refractivity contribution in [2.24, 2.45) is 5.10 Å². The number of rotatable bonds is 3. The normalized spacial score (nSPS) is 18.4. The van der Waals surface area contributed by atoms with Crippen LogP contribution in [0, 0.1) is 11.6 Å². The van der Waals surface area contributed by atoms with Gasteiger partial charge in [-0.3, -0.25) is 0 Å². The van der Waals surface area contributed by atoms with Gasteiger partial charge in [0.25, 0.3) is 0 Å². The van der Waals surface area contributed by atoms with E-state index < -0.39 is 17.7 Å². The van der Waals surface area contributed by atoms with E-state index in [2.05, 4.69) is 35.7 Å². The summed E-state index contributed by atoms with van der Waals surface area (Å²) in [5.41, 5.74) is 0.939. The van der Waals surface area contributed by atoms with E-state index in [4.69, 9.17) is 0 Å². The number of aromatic nitrogens is 6. The van der Waals surface area contributed by atoms with Crippen LogP contribution in [0.2, 0.25) is 0 Å². The summed E-state index contributed by atoms with van der Waals surface area (Å²) in [5, 5.41) is 19.1. The van der Waals surface area contributed by atoms with Gasteiger partial charge < -0.3 is 9.80 Å². The maximum absolute atomic E-state index is 13.7. The minimum Gasteiger partial charge on any atom is -0.337 e. The number of carbonyl (C=O) groups excluding carboxylic acids is 1. The Morgan fingerprint density at radius 1 is 1.09 bits per heavy atom. The Labute approximate surface area is 180 Å². The molecule has 0 saturated carbocycles. The quantitative estimate of drug-likeness (QED) is 0.657. The monoisotopic (exact) mass is 440 g/mol. The van der Waals surface area contributed by atoms with E-state index in [0.29, 0.717) is 55.6 Å². The highest BCUT2D eigenvalue weighted by atomic mass is 19.1. The van der Waals surface area contributed by atoms with E-state index in [1.54, 1.807) is 23.4 Å². The number of hydrazone groups is 1. The Kier molecular flexibility index (Phi) is 5.13. The molecule has 2 aliphatic heterocycles. The van der Waals surface area contributed by atoms with Gasteiger partial charge >= 0.3 is 6.03 Å². The number of tetrazole rings is 1. The summed E-state index contributed by atoms with van der Waals surface area (Å²) in [6.07, 6.45) is 3.60. The highest BCUT2D eigenvalue weighted by Gasteiger charge is 2.33. The van der Waals surface area contributed by atoms with Crippen molar-refractivity contribution in [1.82, 2.24) is 40.5 Å². The van der Waals surface area contributed by atoms with Crippen LogP contribution in [-0.2, 0) is 0 Å². The van der Waals surface area contributed by atoms with Crippen molar-refractivity contribution in [1.29, 1.82) is 0 Å². The molecule has 0 radical (unpaired) electrons. The molecule has 2 amide bonds. The lowest BCUT2D eigenvalue weighted by Crippen LogP contribution is -2.52. The molecular formula is C19H18F2N10O. The molecule has 3 aromatic rings. The lowest BCUT2D eigenvalue weighted by atomic mass is 10.0. The number of halogens is 2. The van der Waals surface area contributed by atoms with Gasteiger partial charge in [0.05, 0.1) is 6.04 Å². The molecule has 1 fully saturated rings. The summed E-state index contributed by atoms with van der Waals surface area (Å²) in [6, 6.07) is 4.12. The molecular weight excluding hydrogens is 422 g/mol. The minimum absolute atomic E-state index is 0.310. The molecule has 1 aromatic carbocycles. The summed E-state index contributed by atoms with van der Waals surface area (Å²) in [4.78, 5) is 25.5. The minimum atomic E-state index is -0.684. The summed E-state index contributed by atoms with van der Waals surface area (Å²) in [6.45, 7) is 1.88. The maximum Gasteiger partial charge on any atom is 0.341 e. The molecule has 1 N–H and O–H groups in total. The van der Waals surface area contributed by atoms with Gasteiger partial charge in [-0.25, -0.2) is 33.7 Å². The number of carbonyl (C=O) groups is 1. The first-order valence-electron chi connectivity index (χ1n) is 9.97. The van der Waals surface area contributed by atoms with Gasteiger partial charge in [0.15, 0.2) is 5.82 Å². The number of H-pyrrole nitrogens is 1. The fourth-order valence-corrected chi connectivity index (χ4v) is 3.79. The zero-order valence-electron chi connectivity index (χ0n) is 16.8. The predicted molar refractivity (Wildman–Crippen MR) is 108 cm³/mol. The molecule has 1 saturated heterocycles. The van der Waals surface area contributed by atoms with Gasteiger partial charge in [-0.05, 0) is 34.2 Å². The number of amides is 2. The van der Waals surface area contributed by atoms with Crippen molar-refractivity contribution < 1.29 is 13.6 Å². The van der Waals surface area contributed by atoms with Crippen LogP contribution in [0.25, 0.3) is 11.5 Å². The second-order valence-electron chi connectivity index (χ2n) is 7.35. The summed E-state index contributed by atoms with van der Waals surface area (Å²) < 4.78 is 27.3. The Balaban J connectivity index is 1.26. The van der Waals surface area contributed by atoms with E-state index in [-0.39, 0.29) is 6.03 Å². The molecule has 0 bridgehead atoms. The van der Waals surface area contributed by atoms with Gasteiger partial charge in [0.1, 0.15) is 17.3 Å². The molecule has 2 aliphatic rings. The average Bonchev–Trinajstić information content (AvgIpc) is 3.51. The first-order valence-corrected chi connectivity index (χ1v) is 9.97. The van der Waals surface area contributed by atoms with Crippen LogP contribution in [0.1, 0.15) is 18.0 Å².